The summed E-state index contributed by atoms with van der Waals surface area (Å²) in [5.74, 6) is -0.645. The highest BCUT2D eigenvalue weighted by Crippen LogP contribution is 2.31. The Labute approximate surface area is 203 Å². The number of rotatable bonds is 7. The number of hydrogen-bond acceptors (Lipinski definition) is 5. The number of ether oxygens (including phenoxy) is 1. The van der Waals surface area contributed by atoms with Gasteiger partial charge in [0.2, 0.25) is 5.90 Å². The molecule has 0 atom stereocenters. The van der Waals surface area contributed by atoms with Gasteiger partial charge in [-0.25, -0.2) is 18.2 Å². The molecule has 0 amide bonds. The third kappa shape index (κ3) is 4.66. The maximum absolute atomic E-state index is 13.5. The number of para-hydroxylation sites is 1. The molecule has 0 aliphatic carbocycles. The van der Waals surface area contributed by atoms with Gasteiger partial charge < -0.3 is 4.74 Å². The molecule has 0 aromatic heterocycles. The molecule has 0 N–H and O–H groups in total. The maximum Gasteiger partial charge on any atom is 0.363 e. The monoisotopic (exact) mass is 492 g/mol. The number of esters is 1. The molecule has 3 aromatic carbocycles. The van der Waals surface area contributed by atoms with Crippen molar-refractivity contribution in [1.29, 1.82) is 0 Å². The van der Waals surface area contributed by atoms with Gasteiger partial charge in [-0.05, 0) is 48.9 Å². The fourth-order valence-corrected chi connectivity index (χ4v) is 5.06. The molecule has 1 aliphatic rings. The van der Waals surface area contributed by atoms with Gasteiger partial charge >= 0.3 is 5.97 Å². The first-order chi connectivity index (χ1) is 16.3. The van der Waals surface area contributed by atoms with Crippen molar-refractivity contribution in [2.75, 3.05) is 10.8 Å². The summed E-state index contributed by atoms with van der Waals surface area (Å²) in [5.41, 5.74) is 2.29. The van der Waals surface area contributed by atoms with Crippen molar-refractivity contribution in [1.82, 2.24) is 0 Å². The number of carbonyl (C=O) groups excluding carboxylic acids is 1. The molecule has 0 unspecified atom stereocenters. The number of anilines is 1. The largest absolute Gasteiger partial charge is 0.402 e. The molecule has 34 heavy (non-hydrogen) atoms. The molecule has 1 heterocycles. The number of hydrogen-bond donors (Lipinski definition) is 0. The second kappa shape index (κ2) is 9.67. The minimum Gasteiger partial charge on any atom is -0.402 e. The Morgan fingerprint density at radius 1 is 1.03 bits per heavy atom. The molecule has 0 saturated carbocycles. The van der Waals surface area contributed by atoms with Crippen molar-refractivity contribution in [3.8, 4) is 0 Å². The SMILES string of the molecule is C=CCN(c1ccccc1C1=N/C(=C\c2ccccc2Cl)C(=O)O1)S(=O)(=O)c1ccc(C)cc1. The van der Waals surface area contributed by atoms with Crippen LogP contribution in [0.5, 0.6) is 0 Å². The number of cyclic esters (lactones) is 1. The van der Waals surface area contributed by atoms with Gasteiger partial charge in [-0.15, -0.1) is 6.58 Å². The molecular formula is C26H21ClN2O4S. The molecule has 0 saturated heterocycles. The van der Waals surface area contributed by atoms with E-state index in [9.17, 15) is 13.2 Å². The number of aryl methyl sites for hydroxylation is 1. The smallest absolute Gasteiger partial charge is 0.363 e. The molecule has 4 rings (SSSR count). The van der Waals surface area contributed by atoms with Gasteiger partial charge in [0.25, 0.3) is 10.0 Å². The highest BCUT2D eigenvalue weighted by molar-refractivity contribution is 7.92. The lowest BCUT2D eigenvalue weighted by atomic mass is 10.1. The standard InChI is InChI=1S/C26H21ClN2O4S/c1-3-16-29(34(31,32)20-14-12-18(2)13-15-20)24-11-7-5-9-21(24)25-28-23(26(30)33-25)17-19-8-4-6-10-22(19)27/h3-15,17H,1,16H2,2H3/b23-17-. The molecular weight excluding hydrogens is 472 g/mol. The van der Waals surface area contributed by atoms with E-state index < -0.39 is 16.0 Å². The van der Waals surface area contributed by atoms with Crippen LogP contribution >= 0.6 is 11.6 Å². The second-order valence-corrected chi connectivity index (χ2v) is 9.78. The molecule has 0 spiro atoms. The predicted octanol–water partition coefficient (Wildman–Crippen LogP) is 5.37. The summed E-state index contributed by atoms with van der Waals surface area (Å²) in [6, 6.07) is 20.3. The summed E-state index contributed by atoms with van der Waals surface area (Å²) in [5, 5.41) is 0.466. The van der Waals surface area contributed by atoms with E-state index >= 15 is 0 Å². The van der Waals surface area contributed by atoms with Gasteiger partial charge in [0.15, 0.2) is 5.70 Å². The Hall–Kier alpha value is -3.68. The van der Waals surface area contributed by atoms with Crippen molar-refractivity contribution in [3.05, 3.63) is 113 Å². The zero-order valence-electron chi connectivity index (χ0n) is 18.3. The lowest BCUT2D eigenvalue weighted by Gasteiger charge is -2.25. The predicted molar refractivity (Wildman–Crippen MR) is 134 cm³/mol. The van der Waals surface area contributed by atoms with Crippen molar-refractivity contribution >= 4 is 45.3 Å². The third-order valence-electron chi connectivity index (χ3n) is 5.13. The van der Waals surface area contributed by atoms with E-state index in [2.05, 4.69) is 11.6 Å². The van der Waals surface area contributed by atoms with Crippen LogP contribution in [0.2, 0.25) is 5.02 Å². The number of nitrogens with zero attached hydrogens (tertiary/aromatic N) is 2. The van der Waals surface area contributed by atoms with E-state index in [1.807, 2.05) is 6.92 Å². The zero-order chi connectivity index (χ0) is 24.3. The van der Waals surface area contributed by atoms with Gasteiger partial charge in [-0.3, -0.25) is 4.31 Å². The number of halogens is 1. The lowest BCUT2D eigenvalue weighted by Crippen LogP contribution is -2.32. The van der Waals surface area contributed by atoms with E-state index in [0.29, 0.717) is 21.8 Å². The van der Waals surface area contributed by atoms with Gasteiger partial charge in [-0.2, -0.15) is 0 Å². The van der Waals surface area contributed by atoms with E-state index in [0.717, 1.165) is 5.56 Å². The van der Waals surface area contributed by atoms with Crippen LogP contribution in [0.3, 0.4) is 0 Å². The van der Waals surface area contributed by atoms with Gasteiger partial charge in [0.05, 0.1) is 22.7 Å². The Morgan fingerprint density at radius 2 is 1.71 bits per heavy atom. The van der Waals surface area contributed by atoms with Crippen molar-refractivity contribution in [2.24, 2.45) is 4.99 Å². The highest BCUT2D eigenvalue weighted by Gasteiger charge is 2.31. The van der Waals surface area contributed by atoms with Crippen molar-refractivity contribution in [3.63, 3.8) is 0 Å². The van der Waals surface area contributed by atoms with E-state index in [-0.39, 0.29) is 23.0 Å². The number of aliphatic imine (C=N–C) groups is 1. The van der Waals surface area contributed by atoms with Gasteiger partial charge in [0.1, 0.15) is 0 Å². The molecule has 0 bridgehead atoms. The molecule has 0 fully saturated rings. The van der Waals surface area contributed by atoms with Crippen LogP contribution in [0.15, 0.2) is 101 Å². The van der Waals surface area contributed by atoms with Crippen LogP contribution < -0.4 is 4.31 Å². The summed E-state index contributed by atoms with van der Waals surface area (Å²) in [4.78, 5) is 17.0. The van der Waals surface area contributed by atoms with E-state index in [4.69, 9.17) is 16.3 Å². The Balaban J connectivity index is 1.79. The van der Waals surface area contributed by atoms with Crippen LogP contribution in [-0.4, -0.2) is 26.8 Å². The average molecular weight is 493 g/mol. The first-order valence-corrected chi connectivity index (χ1v) is 12.2. The van der Waals surface area contributed by atoms with Crippen LogP contribution in [0.4, 0.5) is 5.69 Å². The minimum absolute atomic E-state index is 0.00655. The van der Waals surface area contributed by atoms with Crippen LogP contribution in [0.25, 0.3) is 6.08 Å². The van der Waals surface area contributed by atoms with Gasteiger partial charge in [0, 0.05) is 5.02 Å². The van der Waals surface area contributed by atoms with E-state index in [1.54, 1.807) is 72.8 Å². The Morgan fingerprint density at radius 3 is 2.41 bits per heavy atom. The average Bonchev–Trinajstić information content (AvgIpc) is 3.19. The topological polar surface area (TPSA) is 76.0 Å². The molecule has 172 valence electrons. The number of benzene rings is 3. The summed E-state index contributed by atoms with van der Waals surface area (Å²) < 4.78 is 33.7. The summed E-state index contributed by atoms with van der Waals surface area (Å²) in [6.07, 6.45) is 3.03. The van der Waals surface area contributed by atoms with Crippen LogP contribution in [0.1, 0.15) is 16.7 Å². The number of carbonyl (C=O) groups is 1. The third-order valence-corrected chi connectivity index (χ3v) is 7.26. The molecule has 1 aliphatic heterocycles. The summed E-state index contributed by atoms with van der Waals surface area (Å²) in [6.45, 7) is 5.60. The lowest BCUT2D eigenvalue weighted by molar-refractivity contribution is -0.129. The Kier molecular flexibility index (Phi) is 6.68. The first kappa shape index (κ1) is 23.5. The van der Waals surface area contributed by atoms with Crippen LogP contribution in [0, 0.1) is 6.92 Å². The first-order valence-electron chi connectivity index (χ1n) is 10.4. The van der Waals surface area contributed by atoms with Gasteiger partial charge in [-0.1, -0.05) is 65.7 Å². The second-order valence-electron chi connectivity index (χ2n) is 7.51. The minimum atomic E-state index is -3.93. The fraction of sp³-hybridized carbons (Fsp3) is 0.0769. The van der Waals surface area contributed by atoms with Crippen LogP contribution in [-0.2, 0) is 19.6 Å². The molecule has 8 heteroatoms. The summed E-state index contributed by atoms with van der Waals surface area (Å²) in [7, 11) is -3.93. The van der Waals surface area contributed by atoms with Crippen molar-refractivity contribution < 1.29 is 17.9 Å². The van der Waals surface area contributed by atoms with E-state index in [1.165, 1.54) is 16.5 Å². The number of sulfonamides is 1. The highest BCUT2D eigenvalue weighted by atomic mass is 35.5. The molecule has 6 nitrogen and oxygen atoms in total. The normalized spacial score (nSPS) is 14.6. The molecule has 3 aromatic rings. The van der Waals surface area contributed by atoms with Crippen molar-refractivity contribution in [2.45, 2.75) is 11.8 Å². The zero-order valence-corrected chi connectivity index (χ0v) is 19.9. The quantitative estimate of drug-likeness (QED) is 0.252. The fourth-order valence-electron chi connectivity index (χ4n) is 3.42. The summed E-state index contributed by atoms with van der Waals surface area (Å²) >= 11 is 6.20. The Bertz CT molecular complexity index is 1430. The molecule has 0 radical (unpaired) electrons. The maximum atomic E-state index is 13.5.